The number of amides is 2. The van der Waals surface area contributed by atoms with Gasteiger partial charge in [-0.3, -0.25) is 9.59 Å². The van der Waals surface area contributed by atoms with Gasteiger partial charge in [-0.25, -0.2) is 0 Å². The summed E-state index contributed by atoms with van der Waals surface area (Å²) in [6, 6.07) is 6.72. The molecule has 118 valence electrons. The fraction of sp³-hybridized carbons (Fsp3) is 0.556. The van der Waals surface area contributed by atoms with Crippen molar-refractivity contribution in [3.8, 4) is 0 Å². The third-order valence-electron chi connectivity index (χ3n) is 5.13. The van der Waals surface area contributed by atoms with E-state index in [1.807, 2.05) is 4.90 Å². The SMILES string of the molecule is CC(=O)N1CC(C(=O)N2CCC[C@@H]2c2ccc(C)c(C)c2)C1. The lowest BCUT2D eigenvalue weighted by molar-refractivity contribution is -0.148. The van der Waals surface area contributed by atoms with Crippen LogP contribution in [0, 0.1) is 19.8 Å². The monoisotopic (exact) mass is 300 g/mol. The molecule has 2 heterocycles. The minimum Gasteiger partial charge on any atom is -0.341 e. The molecule has 3 rings (SSSR count). The van der Waals surface area contributed by atoms with E-state index < -0.39 is 0 Å². The van der Waals surface area contributed by atoms with E-state index in [0.717, 1.165) is 19.4 Å². The van der Waals surface area contributed by atoms with Crippen molar-refractivity contribution >= 4 is 11.8 Å². The van der Waals surface area contributed by atoms with Crippen molar-refractivity contribution in [3.63, 3.8) is 0 Å². The van der Waals surface area contributed by atoms with Gasteiger partial charge in [-0.2, -0.15) is 0 Å². The largest absolute Gasteiger partial charge is 0.341 e. The normalized spacial score (nSPS) is 21.9. The van der Waals surface area contributed by atoms with Crippen molar-refractivity contribution in [3.05, 3.63) is 34.9 Å². The standard InChI is InChI=1S/C18H24N2O2/c1-12-6-7-15(9-13(12)2)17-5-4-8-20(17)18(22)16-10-19(11-16)14(3)21/h6-7,9,16-17H,4-5,8,10-11H2,1-3H3/t17-/m1/s1. The van der Waals surface area contributed by atoms with Crippen molar-refractivity contribution in [2.75, 3.05) is 19.6 Å². The lowest BCUT2D eigenvalue weighted by Crippen LogP contribution is -2.55. The van der Waals surface area contributed by atoms with E-state index in [9.17, 15) is 9.59 Å². The van der Waals surface area contributed by atoms with Crippen LogP contribution in [0.1, 0.15) is 42.5 Å². The Labute approximate surface area is 132 Å². The average Bonchev–Trinajstić information content (AvgIpc) is 2.88. The van der Waals surface area contributed by atoms with Crippen LogP contribution in [0.5, 0.6) is 0 Å². The number of hydrogen-bond acceptors (Lipinski definition) is 2. The molecule has 0 unspecified atom stereocenters. The fourth-order valence-corrected chi connectivity index (χ4v) is 3.48. The molecule has 0 radical (unpaired) electrons. The number of hydrogen-bond donors (Lipinski definition) is 0. The summed E-state index contributed by atoms with van der Waals surface area (Å²) in [7, 11) is 0. The maximum absolute atomic E-state index is 12.7. The minimum atomic E-state index is -0.00366. The summed E-state index contributed by atoms with van der Waals surface area (Å²) in [5.41, 5.74) is 3.82. The predicted molar refractivity (Wildman–Crippen MR) is 85.3 cm³/mol. The quantitative estimate of drug-likeness (QED) is 0.842. The van der Waals surface area contributed by atoms with Crippen LogP contribution in [-0.2, 0) is 9.59 Å². The van der Waals surface area contributed by atoms with E-state index in [1.54, 1.807) is 11.8 Å². The molecule has 4 heteroatoms. The van der Waals surface area contributed by atoms with Crippen LogP contribution >= 0.6 is 0 Å². The maximum Gasteiger partial charge on any atom is 0.229 e. The van der Waals surface area contributed by atoms with Gasteiger partial charge in [0.2, 0.25) is 11.8 Å². The van der Waals surface area contributed by atoms with Crippen LogP contribution in [0.3, 0.4) is 0 Å². The molecule has 2 saturated heterocycles. The van der Waals surface area contributed by atoms with Crippen molar-refractivity contribution < 1.29 is 9.59 Å². The third kappa shape index (κ3) is 2.62. The highest BCUT2D eigenvalue weighted by molar-refractivity contribution is 5.84. The molecule has 0 N–H and O–H groups in total. The van der Waals surface area contributed by atoms with Gasteiger partial charge in [-0.15, -0.1) is 0 Å². The van der Waals surface area contributed by atoms with Gasteiger partial charge in [0.15, 0.2) is 0 Å². The molecule has 2 aliphatic rings. The second kappa shape index (κ2) is 5.75. The molecule has 2 aliphatic heterocycles. The first-order chi connectivity index (χ1) is 10.5. The molecular weight excluding hydrogens is 276 g/mol. The first-order valence-corrected chi connectivity index (χ1v) is 8.10. The fourth-order valence-electron chi connectivity index (χ4n) is 3.48. The Morgan fingerprint density at radius 3 is 2.50 bits per heavy atom. The van der Waals surface area contributed by atoms with Crippen LogP contribution in [0.15, 0.2) is 18.2 Å². The van der Waals surface area contributed by atoms with Crippen LogP contribution in [0.25, 0.3) is 0 Å². The molecule has 2 fully saturated rings. The number of likely N-dealkylation sites (tertiary alicyclic amines) is 2. The zero-order valence-corrected chi connectivity index (χ0v) is 13.6. The van der Waals surface area contributed by atoms with Crippen molar-refractivity contribution in [2.24, 2.45) is 5.92 Å². The lowest BCUT2D eigenvalue weighted by atomic mass is 9.95. The number of nitrogens with zero attached hydrogens (tertiary/aromatic N) is 2. The van der Waals surface area contributed by atoms with E-state index in [4.69, 9.17) is 0 Å². The van der Waals surface area contributed by atoms with Crippen LogP contribution in [0.4, 0.5) is 0 Å². The molecule has 4 nitrogen and oxygen atoms in total. The Hall–Kier alpha value is -1.84. The zero-order chi connectivity index (χ0) is 15.9. The van der Waals surface area contributed by atoms with Crippen molar-refractivity contribution in [1.29, 1.82) is 0 Å². The molecule has 0 aliphatic carbocycles. The molecule has 1 atom stereocenters. The molecule has 0 saturated carbocycles. The average molecular weight is 300 g/mol. The highest BCUT2D eigenvalue weighted by Gasteiger charge is 2.40. The Morgan fingerprint density at radius 2 is 1.86 bits per heavy atom. The van der Waals surface area contributed by atoms with Gasteiger partial charge in [-0.05, 0) is 43.4 Å². The lowest BCUT2D eigenvalue weighted by Gasteiger charge is -2.40. The number of carbonyl (C=O) groups excluding carboxylic acids is 2. The highest BCUT2D eigenvalue weighted by atomic mass is 16.2. The number of carbonyl (C=O) groups is 2. The van der Waals surface area contributed by atoms with Gasteiger partial charge in [0.25, 0.3) is 0 Å². The summed E-state index contributed by atoms with van der Waals surface area (Å²) < 4.78 is 0. The Bertz CT molecular complexity index is 605. The summed E-state index contributed by atoms with van der Waals surface area (Å²) in [4.78, 5) is 27.8. The number of benzene rings is 1. The summed E-state index contributed by atoms with van der Waals surface area (Å²) in [6.07, 6.45) is 2.10. The molecule has 1 aromatic carbocycles. The van der Waals surface area contributed by atoms with Gasteiger partial charge in [0.05, 0.1) is 12.0 Å². The summed E-state index contributed by atoms with van der Waals surface area (Å²) in [5.74, 6) is 0.283. The van der Waals surface area contributed by atoms with Gasteiger partial charge in [0.1, 0.15) is 0 Å². The third-order valence-corrected chi connectivity index (χ3v) is 5.13. The Balaban J connectivity index is 1.72. The highest BCUT2D eigenvalue weighted by Crippen LogP contribution is 2.35. The Morgan fingerprint density at radius 1 is 1.14 bits per heavy atom. The second-order valence-electron chi connectivity index (χ2n) is 6.65. The first kappa shape index (κ1) is 15.1. The zero-order valence-electron chi connectivity index (χ0n) is 13.6. The summed E-state index contributed by atoms with van der Waals surface area (Å²) in [5, 5.41) is 0. The van der Waals surface area contributed by atoms with Crippen molar-refractivity contribution in [1.82, 2.24) is 9.80 Å². The molecule has 0 bridgehead atoms. The molecule has 0 spiro atoms. The van der Waals surface area contributed by atoms with Gasteiger partial charge in [0, 0.05) is 26.6 Å². The molecule has 0 aromatic heterocycles. The molecule has 1 aromatic rings. The van der Waals surface area contributed by atoms with Crippen LogP contribution < -0.4 is 0 Å². The van der Waals surface area contributed by atoms with Crippen molar-refractivity contribution in [2.45, 2.75) is 39.7 Å². The van der Waals surface area contributed by atoms with E-state index >= 15 is 0 Å². The predicted octanol–water partition coefficient (Wildman–Crippen LogP) is 2.45. The maximum atomic E-state index is 12.7. The van der Waals surface area contributed by atoms with Gasteiger partial charge in [-0.1, -0.05) is 18.2 Å². The number of aryl methyl sites for hydroxylation is 2. The first-order valence-electron chi connectivity index (χ1n) is 8.10. The summed E-state index contributed by atoms with van der Waals surface area (Å²) >= 11 is 0. The Kier molecular flexibility index (Phi) is 3.94. The molecule has 22 heavy (non-hydrogen) atoms. The van der Waals surface area contributed by atoms with E-state index in [1.165, 1.54) is 16.7 Å². The summed E-state index contributed by atoms with van der Waals surface area (Å²) in [6.45, 7) is 7.81. The van der Waals surface area contributed by atoms with Gasteiger partial charge >= 0.3 is 0 Å². The van der Waals surface area contributed by atoms with Crippen LogP contribution in [0.2, 0.25) is 0 Å². The van der Waals surface area contributed by atoms with Crippen LogP contribution in [-0.4, -0.2) is 41.2 Å². The minimum absolute atomic E-state index is 0.00366. The van der Waals surface area contributed by atoms with Gasteiger partial charge < -0.3 is 9.80 Å². The van der Waals surface area contributed by atoms with E-state index in [-0.39, 0.29) is 23.8 Å². The van der Waals surface area contributed by atoms with E-state index in [2.05, 4.69) is 32.0 Å². The molecule has 2 amide bonds. The second-order valence-corrected chi connectivity index (χ2v) is 6.65. The number of rotatable bonds is 2. The molecular formula is C18H24N2O2. The topological polar surface area (TPSA) is 40.6 Å². The van der Waals surface area contributed by atoms with E-state index in [0.29, 0.717) is 13.1 Å². The smallest absolute Gasteiger partial charge is 0.229 e.